The summed E-state index contributed by atoms with van der Waals surface area (Å²) in [6, 6.07) is -0.336. The van der Waals surface area contributed by atoms with Crippen molar-refractivity contribution in [2.24, 2.45) is 11.7 Å². The molecule has 0 aromatic carbocycles. The summed E-state index contributed by atoms with van der Waals surface area (Å²) < 4.78 is 5.04. The summed E-state index contributed by atoms with van der Waals surface area (Å²) in [6.45, 7) is 8.68. The Labute approximate surface area is 90.4 Å². The number of hydrogen-bond donors (Lipinski definition) is 2. The van der Waals surface area contributed by atoms with Crippen LogP contribution in [0.25, 0.3) is 0 Å². The molecule has 0 bridgehead atoms. The number of nitrogens with one attached hydrogen (secondary N) is 1. The molecule has 3 N–H and O–H groups in total. The lowest BCUT2D eigenvalue weighted by atomic mass is 10.0. The van der Waals surface area contributed by atoms with Gasteiger partial charge in [0.2, 0.25) is 5.91 Å². The van der Waals surface area contributed by atoms with Gasteiger partial charge in [-0.1, -0.05) is 6.92 Å². The molecule has 0 radical (unpaired) electrons. The molecular weight excluding hydrogens is 196 g/mol. The lowest BCUT2D eigenvalue weighted by Crippen LogP contribution is -2.44. The highest BCUT2D eigenvalue weighted by Gasteiger charge is 2.22. The van der Waals surface area contributed by atoms with Crippen molar-refractivity contribution in [1.82, 2.24) is 5.32 Å². The number of ether oxygens (including phenoxy) is 1. The zero-order valence-electron chi connectivity index (χ0n) is 9.96. The Hall–Kier alpha value is -1.26. The van der Waals surface area contributed by atoms with Crippen LogP contribution in [0.15, 0.2) is 0 Å². The fourth-order valence-corrected chi connectivity index (χ4v) is 0.865. The van der Waals surface area contributed by atoms with E-state index >= 15 is 0 Å². The van der Waals surface area contributed by atoms with Gasteiger partial charge < -0.3 is 15.8 Å². The standard InChI is InChI=1S/C10H20N2O3/c1-6(8(11)13)7(2)12-9(14)15-10(3,4)5/h6-7H,1-5H3,(H2,11,13)(H,12,14)/t6?,7-/m1/s1. The van der Waals surface area contributed by atoms with Gasteiger partial charge in [0.15, 0.2) is 0 Å². The fraction of sp³-hybridized carbons (Fsp3) is 0.800. The average Bonchev–Trinajstić information content (AvgIpc) is 1.98. The summed E-state index contributed by atoms with van der Waals surface area (Å²) in [5, 5.41) is 2.56. The van der Waals surface area contributed by atoms with Crippen molar-refractivity contribution in [2.45, 2.75) is 46.3 Å². The molecular formula is C10H20N2O3. The van der Waals surface area contributed by atoms with Crippen LogP contribution < -0.4 is 11.1 Å². The molecule has 0 rings (SSSR count). The number of alkyl carbamates (subject to hydrolysis) is 1. The summed E-state index contributed by atoms with van der Waals surface area (Å²) in [5.74, 6) is -0.865. The van der Waals surface area contributed by atoms with Crippen molar-refractivity contribution in [3.8, 4) is 0 Å². The Balaban J connectivity index is 4.13. The second-order valence-electron chi connectivity index (χ2n) is 4.63. The van der Waals surface area contributed by atoms with E-state index in [4.69, 9.17) is 10.5 Å². The molecule has 0 aliphatic rings. The van der Waals surface area contributed by atoms with Crippen LogP contribution in [0.5, 0.6) is 0 Å². The maximum atomic E-state index is 11.3. The lowest BCUT2D eigenvalue weighted by molar-refractivity contribution is -0.121. The smallest absolute Gasteiger partial charge is 0.407 e. The van der Waals surface area contributed by atoms with E-state index in [1.54, 1.807) is 34.6 Å². The predicted molar refractivity (Wildman–Crippen MR) is 57.2 cm³/mol. The second-order valence-corrected chi connectivity index (χ2v) is 4.63. The van der Waals surface area contributed by atoms with Gasteiger partial charge in [0.1, 0.15) is 5.60 Å². The Morgan fingerprint density at radius 2 is 1.73 bits per heavy atom. The van der Waals surface area contributed by atoms with Gasteiger partial charge in [-0.2, -0.15) is 0 Å². The molecule has 2 amide bonds. The molecule has 0 fully saturated rings. The van der Waals surface area contributed by atoms with Gasteiger partial charge in [-0.3, -0.25) is 4.79 Å². The molecule has 0 aromatic rings. The monoisotopic (exact) mass is 216 g/mol. The van der Waals surface area contributed by atoms with Gasteiger partial charge in [0, 0.05) is 6.04 Å². The van der Waals surface area contributed by atoms with Crippen LogP contribution in [0, 0.1) is 5.92 Å². The van der Waals surface area contributed by atoms with E-state index in [9.17, 15) is 9.59 Å². The first-order valence-corrected chi connectivity index (χ1v) is 4.92. The van der Waals surface area contributed by atoms with Crippen molar-refractivity contribution in [2.75, 3.05) is 0 Å². The fourth-order valence-electron chi connectivity index (χ4n) is 0.865. The molecule has 0 aromatic heterocycles. The first kappa shape index (κ1) is 13.7. The van der Waals surface area contributed by atoms with Gasteiger partial charge in [0.05, 0.1) is 5.92 Å². The third kappa shape index (κ3) is 5.93. The van der Waals surface area contributed by atoms with Crippen LogP contribution in [0.2, 0.25) is 0 Å². The topological polar surface area (TPSA) is 81.4 Å². The summed E-state index contributed by atoms with van der Waals surface area (Å²) in [4.78, 5) is 22.1. The number of amides is 2. The highest BCUT2D eigenvalue weighted by Crippen LogP contribution is 2.08. The summed E-state index contributed by atoms with van der Waals surface area (Å²) >= 11 is 0. The van der Waals surface area contributed by atoms with E-state index in [0.717, 1.165) is 0 Å². The second kappa shape index (κ2) is 5.00. The van der Waals surface area contributed by atoms with E-state index in [0.29, 0.717) is 0 Å². The Morgan fingerprint density at radius 3 is 2.07 bits per heavy atom. The largest absolute Gasteiger partial charge is 0.444 e. The molecule has 0 spiro atoms. The number of rotatable bonds is 3. The van der Waals surface area contributed by atoms with Crippen LogP contribution in [0.1, 0.15) is 34.6 Å². The molecule has 0 aliphatic carbocycles. The molecule has 5 heteroatoms. The van der Waals surface area contributed by atoms with Gasteiger partial charge in [-0.05, 0) is 27.7 Å². The van der Waals surface area contributed by atoms with Gasteiger partial charge in [-0.25, -0.2) is 4.79 Å². The summed E-state index contributed by atoms with van der Waals surface area (Å²) in [5.41, 5.74) is 4.57. The van der Waals surface area contributed by atoms with Crippen LogP contribution in [0.3, 0.4) is 0 Å². The van der Waals surface area contributed by atoms with Crippen molar-refractivity contribution >= 4 is 12.0 Å². The van der Waals surface area contributed by atoms with Gasteiger partial charge in [0.25, 0.3) is 0 Å². The zero-order chi connectivity index (χ0) is 12.2. The first-order chi connectivity index (χ1) is 6.63. The van der Waals surface area contributed by atoms with Crippen molar-refractivity contribution in [3.63, 3.8) is 0 Å². The molecule has 2 atom stereocenters. The van der Waals surface area contributed by atoms with E-state index < -0.39 is 23.5 Å². The number of hydrogen-bond acceptors (Lipinski definition) is 3. The lowest BCUT2D eigenvalue weighted by Gasteiger charge is -2.23. The minimum atomic E-state index is -0.542. The highest BCUT2D eigenvalue weighted by molar-refractivity contribution is 5.78. The van der Waals surface area contributed by atoms with E-state index in [1.807, 2.05) is 0 Å². The molecule has 1 unspecified atom stereocenters. The normalized spacial score (nSPS) is 15.3. The Morgan fingerprint density at radius 1 is 1.27 bits per heavy atom. The quantitative estimate of drug-likeness (QED) is 0.739. The van der Waals surface area contributed by atoms with Crippen LogP contribution in [-0.4, -0.2) is 23.6 Å². The molecule has 88 valence electrons. The van der Waals surface area contributed by atoms with E-state index in [2.05, 4.69) is 5.32 Å². The van der Waals surface area contributed by atoms with E-state index in [-0.39, 0.29) is 6.04 Å². The van der Waals surface area contributed by atoms with Crippen molar-refractivity contribution < 1.29 is 14.3 Å². The molecule has 0 heterocycles. The molecule has 0 aliphatic heterocycles. The molecule has 15 heavy (non-hydrogen) atoms. The first-order valence-electron chi connectivity index (χ1n) is 4.92. The summed E-state index contributed by atoms with van der Waals surface area (Å²) in [7, 11) is 0. The van der Waals surface area contributed by atoms with Crippen LogP contribution >= 0.6 is 0 Å². The molecule has 0 saturated heterocycles. The average molecular weight is 216 g/mol. The minimum absolute atomic E-state index is 0.336. The van der Waals surface area contributed by atoms with E-state index in [1.165, 1.54) is 0 Å². The Kier molecular flexibility index (Phi) is 4.58. The number of carbonyl (C=O) groups excluding carboxylic acids is 2. The van der Waals surface area contributed by atoms with Crippen molar-refractivity contribution in [3.05, 3.63) is 0 Å². The maximum Gasteiger partial charge on any atom is 0.407 e. The van der Waals surface area contributed by atoms with Gasteiger partial charge >= 0.3 is 6.09 Å². The maximum absolute atomic E-state index is 11.3. The number of nitrogens with two attached hydrogens (primary N) is 1. The van der Waals surface area contributed by atoms with Crippen LogP contribution in [0.4, 0.5) is 4.79 Å². The summed E-state index contributed by atoms with van der Waals surface area (Å²) in [6.07, 6.45) is -0.539. The van der Waals surface area contributed by atoms with Crippen molar-refractivity contribution in [1.29, 1.82) is 0 Å². The SMILES string of the molecule is CC(C(N)=O)[C@@H](C)NC(=O)OC(C)(C)C. The van der Waals surface area contributed by atoms with Gasteiger partial charge in [-0.15, -0.1) is 0 Å². The molecule has 5 nitrogen and oxygen atoms in total. The zero-order valence-corrected chi connectivity index (χ0v) is 9.96. The highest BCUT2D eigenvalue weighted by atomic mass is 16.6. The Bertz CT molecular complexity index is 246. The third-order valence-corrected chi connectivity index (χ3v) is 1.94. The third-order valence-electron chi connectivity index (χ3n) is 1.94. The number of primary amides is 1. The molecule has 0 saturated carbocycles. The minimum Gasteiger partial charge on any atom is -0.444 e. The number of carbonyl (C=O) groups is 2. The van der Waals surface area contributed by atoms with Crippen LogP contribution in [-0.2, 0) is 9.53 Å². The predicted octanol–water partition coefficient (Wildman–Crippen LogP) is 1.02.